The molecule has 1 aromatic carbocycles. The number of ketones is 1. The van der Waals surface area contributed by atoms with Crippen molar-refractivity contribution in [3.8, 4) is 0 Å². The Balaban J connectivity index is 2.74. The van der Waals surface area contributed by atoms with Gasteiger partial charge in [-0.3, -0.25) is 0 Å². The number of benzene rings is 1. The van der Waals surface area contributed by atoms with Crippen LogP contribution in [-0.4, -0.2) is 20.7 Å². The van der Waals surface area contributed by atoms with E-state index in [-0.39, 0.29) is 20.7 Å². The minimum absolute atomic E-state index is 0.122. The topological polar surface area (TPSA) is 17.1 Å². The quantitative estimate of drug-likeness (QED) is 0.615. The number of carbonyl (C=O) groups excluding carboxylic acids is 1. The number of rotatable bonds is 3. The second kappa shape index (κ2) is 5.38. The molecule has 0 saturated heterocycles. The van der Waals surface area contributed by atoms with Gasteiger partial charge in [-0.1, -0.05) is 0 Å². The van der Waals surface area contributed by atoms with Crippen molar-refractivity contribution in [3.63, 3.8) is 0 Å². The van der Waals surface area contributed by atoms with Gasteiger partial charge in [-0.25, -0.2) is 0 Å². The molecule has 1 aromatic rings. The van der Waals surface area contributed by atoms with Crippen molar-refractivity contribution < 1.29 is 4.79 Å². The predicted octanol–water partition coefficient (Wildman–Crippen LogP) is 1.84. The van der Waals surface area contributed by atoms with Crippen molar-refractivity contribution in [2.24, 2.45) is 0 Å². The molecule has 1 rings (SSSR count). The van der Waals surface area contributed by atoms with Crippen LogP contribution in [0.3, 0.4) is 0 Å². The molecular weight excluding hydrogens is 295 g/mol. The molecule has 0 unspecified atom stereocenters. The molecule has 0 radical (unpaired) electrons. The standard InChI is InChI=1S/C10H9BrOSe/c1-8(12)10(7-11)13-9-5-3-2-4-6-9/h2-7H,1H3/b10-7+. The van der Waals surface area contributed by atoms with Crippen LogP contribution in [0.1, 0.15) is 6.92 Å². The van der Waals surface area contributed by atoms with Crippen LogP contribution in [0.25, 0.3) is 0 Å². The van der Waals surface area contributed by atoms with Crippen molar-refractivity contribution in [1.82, 2.24) is 0 Å². The van der Waals surface area contributed by atoms with Crippen LogP contribution in [0, 0.1) is 0 Å². The third-order valence-electron chi connectivity index (χ3n) is 1.42. The van der Waals surface area contributed by atoms with Gasteiger partial charge in [0, 0.05) is 0 Å². The predicted molar refractivity (Wildman–Crippen MR) is 59.5 cm³/mol. The molecule has 0 aromatic heterocycles. The number of Topliss-reactive ketones (excluding diaryl/α,β-unsaturated/α-hetero) is 1. The maximum absolute atomic E-state index is 11.1. The molecule has 0 bridgehead atoms. The fourth-order valence-electron chi connectivity index (χ4n) is 0.786. The van der Waals surface area contributed by atoms with Gasteiger partial charge in [-0.15, -0.1) is 0 Å². The molecule has 0 heterocycles. The third kappa shape index (κ3) is 3.47. The number of carbonyl (C=O) groups is 1. The molecule has 0 spiro atoms. The molecule has 0 aliphatic rings. The van der Waals surface area contributed by atoms with E-state index in [1.165, 1.54) is 4.46 Å². The van der Waals surface area contributed by atoms with Crippen LogP contribution in [0.5, 0.6) is 0 Å². The molecule has 0 N–H and O–H groups in total. The molecule has 0 aliphatic heterocycles. The molecule has 3 heteroatoms. The van der Waals surface area contributed by atoms with E-state index < -0.39 is 0 Å². The minimum atomic E-state index is 0.122. The second-order valence-electron chi connectivity index (χ2n) is 2.44. The average molecular weight is 304 g/mol. The van der Waals surface area contributed by atoms with Gasteiger partial charge < -0.3 is 0 Å². The van der Waals surface area contributed by atoms with Gasteiger partial charge in [-0.05, 0) is 0 Å². The van der Waals surface area contributed by atoms with Crippen molar-refractivity contribution in [3.05, 3.63) is 39.8 Å². The van der Waals surface area contributed by atoms with Crippen LogP contribution in [0.4, 0.5) is 0 Å². The fourth-order valence-corrected chi connectivity index (χ4v) is 3.14. The zero-order valence-corrected chi connectivity index (χ0v) is 10.5. The van der Waals surface area contributed by atoms with E-state index in [1.807, 2.05) is 30.3 Å². The average Bonchev–Trinajstić information content (AvgIpc) is 2.15. The van der Waals surface area contributed by atoms with Crippen molar-refractivity contribution in [2.45, 2.75) is 6.92 Å². The molecule has 0 atom stereocenters. The SMILES string of the molecule is CC(=O)/C(=C\Br)[Se]c1ccccc1. The number of hydrogen-bond acceptors (Lipinski definition) is 1. The van der Waals surface area contributed by atoms with Gasteiger partial charge in [0.05, 0.1) is 0 Å². The van der Waals surface area contributed by atoms with Gasteiger partial charge in [0.25, 0.3) is 0 Å². The van der Waals surface area contributed by atoms with E-state index in [0.29, 0.717) is 0 Å². The van der Waals surface area contributed by atoms with E-state index in [4.69, 9.17) is 0 Å². The normalized spacial score (nSPS) is 11.4. The molecule has 0 fully saturated rings. The van der Waals surface area contributed by atoms with Gasteiger partial charge in [-0.2, -0.15) is 0 Å². The summed E-state index contributed by atoms with van der Waals surface area (Å²) in [7, 11) is 0. The fraction of sp³-hybridized carbons (Fsp3) is 0.100. The Bertz CT molecular complexity index is 319. The Hall–Kier alpha value is -0.371. The van der Waals surface area contributed by atoms with Crippen molar-refractivity contribution in [1.29, 1.82) is 0 Å². The first-order valence-corrected chi connectivity index (χ1v) is 6.41. The Morgan fingerprint density at radius 1 is 1.38 bits per heavy atom. The molecule has 0 saturated carbocycles. The molecular formula is C10H9BrOSe. The molecule has 13 heavy (non-hydrogen) atoms. The Kier molecular flexibility index (Phi) is 4.43. The number of halogens is 1. The van der Waals surface area contributed by atoms with Crippen molar-refractivity contribution >= 4 is 41.1 Å². The van der Waals surface area contributed by atoms with E-state index >= 15 is 0 Å². The maximum atomic E-state index is 11.1. The van der Waals surface area contributed by atoms with E-state index in [9.17, 15) is 4.79 Å². The van der Waals surface area contributed by atoms with Gasteiger partial charge >= 0.3 is 92.6 Å². The van der Waals surface area contributed by atoms with Gasteiger partial charge in [0.15, 0.2) is 0 Å². The van der Waals surface area contributed by atoms with Crippen LogP contribution in [0.15, 0.2) is 39.8 Å². The zero-order valence-electron chi connectivity index (χ0n) is 7.16. The first-order chi connectivity index (χ1) is 6.24. The Labute approximate surface area is 92.5 Å². The summed E-state index contributed by atoms with van der Waals surface area (Å²) < 4.78 is 2.08. The first-order valence-electron chi connectivity index (χ1n) is 3.78. The molecule has 1 nitrogen and oxygen atoms in total. The Morgan fingerprint density at radius 3 is 2.46 bits per heavy atom. The zero-order chi connectivity index (χ0) is 9.68. The number of hydrogen-bond donors (Lipinski definition) is 0. The summed E-state index contributed by atoms with van der Waals surface area (Å²) in [4.78, 5) is 12.8. The van der Waals surface area contributed by atoms with Crippen LogP contribution in [0.2, 0.25) is 0 Å². The molecule has 0 amide bonds. The van der Waals surface area contributed by atoms with Gasteiger partial charge in [0.2, 0.25) is 0 Å². The summed E-state index contributed by atoms with van der Waals surface area (Å²) in [5.41, 5.74) is 0. The van der Waals surface area contributed by atoms with Crippen LogP contribution >= 0.6 is 15.9 Å². The van der Waals surface area contributed by atoms with E-state index in [2.05, 4.69) is 15.9 Å². The third-order valence-corrected chi connectivity index (χ3v) is 4.93. The van der Waals surface area contributed by atoms with Crippen molar-refractivity contribution in [2.75, 3.05) is 0 Å². The Morgan fingerprint density at radius 2 is 2.00 bits per heavy atom. The van der Waals surface area contributed by atoms with Crippen LogP contribution < -0.4 is 4.46 Å². The summed E-state index contributed by atoms with van der Waals surface area (Å²) in [6, 6.07) is 10.0. The van der Waals surface area contributed by atoms with Gasteiger partial charge in [0.1, 0.15) is 0 Å². The van der Waals surface area contributed by atoms with Crippen LogP contribution in [-0.2, 0) is 4.79 Å². The molecule has 68 valence electrons. The van der Waals surface area contributed by atoms with E-state index in [1.54, 1.807) is 11.9 Å². The summed E-state index contributed by atoms with van der Waals surface area (Å²) in [5, 5.41) is 0. The number of allylic oxidation sites excluding steroid dienone is 1. The molecule has 0 aliphatic carbocycles. The summed E-state index contributed by atoms with van der Waals surface area (Å²) in [6.07, 6.45) is 0. The first kappa shape index (κ1) is 10.7. The van der Waals surface area contributed by atoms with E-state index in [0.717, 1.165) is 4.47 Å². The second-order valence-corrected chi connectivity index (χ2v) is 5.24. The summed E-state index contributed by atoms with van der Waals surface area (Å²) in [6.45, 7) is 1.60. The monoisotopic (exact) mass is 304 g/mol. The summed E-state index contributed by atoms with van der Waals surface area (Å²) in [5.74, 6) is 0.140. The summed E-state index contributed by atoms with van der Waals surface area (Å²) >= 11 is 3.33.